The van der Waals surface area contributed by atoms with Crippen molar-refractivity contribution in [3.05, 3.63) is 18.3 Å². The second kappa shape index (κ2) is 7.12. The SMILES string of the molecule is CC(CCCC(=O)OC(C)(C)C)Oc1ncccc1N. The summed E-state index contributed by atoms with van der Waals surface area (Å²) in [6.45, 7) is 7.52. The Balaban J connectivity index is 2.29. The third-order valence-electron chi connectivity index (χ3n) is 2.52. The van der Waals surface area contributed by atoms with E-state index in [1.54, 1.807) is 18.3 Å². The van der Waals surface area contributed by atoms with Gasteiger partial charge in [0, 0.05) is 12.6 Å². The summed E-state index contributed by atoms with van der Waals surface area (Å²) in [4.78, 5) is 15.6. The number of pyridine rings is 1. The third kappa shape index (κ3) is 6.41. The Morgan fingerprint density at radius 3 is 2.75 bits per heavy atom. The summed E-state index contributed by atoms with van der Waals surface area (Å²) in [5.74, 6) is 0.263. The van der Waals surface area contributed by atoms with Crippen LogP contribution < -0.4 is 10.5 Å². The second-order valence-electron chi connectivity index (χ2n) is 5.80. The van der Waals surface area contributed by atoms with Crippen molar-refractivity contribution >= 4 is 11.7 Å². The molecule has 5 nitrogen and oxygen atoms in total. The van der Waals surface area contributed by atoms with Gasteiger partial charge in [0.05, 0.1) is 11.8 Å². The molecule has 0 spiro atoms. The molecule has 1 atom stereocenters. The Kier molecular flexibility index (Phi) is 5.80. The fourth-order valence-corrected chi connectivity index (χ4v) is 1.68. The number of anilines is 1. The average Bonchev–Trinajstić information content (AvgIpc) is 2.29. The van der Waals surface area contributed by atoms with Gasteiger partial charge < -0.3 is 15.2 Å². The molecule has 112 valence electrons. The van der Waals surface area contributed by atoms with Crippen LogP contribution in [-0.4, -0.2) is 22.7 Å². The summed E-state index contributed by atoms with van der Waals surface area (Å²) in [7, 11) is 0. The lowest BCUT2D eigenvalue weighted by Gasteiger charge is -2.20. The molecule has 1 aromatic rings. The van der Waals surface area contributed by atoms with Gasteiger partial charge in [-0.15, -0.1) is 0 Å². The van der Waals surface area contributed by atoms with Crippen LogP contribution in [0.2, 0.25) is 0 Å². The van der Waals surface area contributed by atoms with Crippen LogP contribution in [0, 0.1) is 0 Å². The van der Waals surface area contributed by atoms with Gasteiger partial charge in [0.2, 0.25) is 5.88 Å². The van der Waals surface area contributed by atoms with E-state index in [0.29, 0.717) is 24.4 Å². The molecule has 0 aliphatic carbocycles. The van der Waals surface area contributed by atoms with Crippen molar-refractivity contribution in [1.82, 2.24) is 4.98 Å². The average molecular weight is 280 g/mol. The Morgan fingerprint density at radius 1 is 1.45 bits per heavy atom. The molecule has 1 unspecified atom stereocenters. The van der Waals surface area contributed by atoms with Crippen LogP contribution in [0.25, 0.3) is 0 Å². The number of carbonyl (C=O) groups excluding carboxylic acids is 1. The van der Waals surface area contributed by atoms with E-state index in [-0.39, 0.29) is 12.1 Å². The summed E-state index contributed by atoms with van der Waals surface area (Å²) in [6, 6.07) is 3.51. The van der Waals surface area contributed by atoms with E-state index in [0.717, 1.165) is 6.42 Å². The fourth-order valence-electron chi connectivity index (χ4n) is 1.68. The van der Waals surface area contributed by atoms with E-state index < -0.39 is 5.60 Å². The molecule has 0 fully saturated rings. The standard InChI is InChI=1S/C15H24N2O3/c1-11(19-14-12(16)8-6-10-17-14)7-5-9-13(18)20-15(2,3)4/h6,8,10-11H,5,7,9,16H2,1-4H3. The molecule has 0 aliphatic rings. The lowest BCUT2D eigenvalue weighted by Crippen LogP contribution is -2.24. The van der Waals surface area contributed by atoms with Crippen molar-refractivity contribution in [1.29, 1.82) is 0 Å². The summed E-state index contributed by atoms with van der Waals surface area (Å²) >= 11 is 0. The lowest BCUT2D eigenvalue weighted by atomic mass is 10.1. The molecule has 20 heavy (non-hydrogen) atoms. The molecular weight excluding hydrogens is 256 g/mol. The van der Waals surface area contributed by atoms with E-state index in [4.69, 9.17) is 15.2 Å². The molecule has 0 amide bonds. The largest absolute Gasteiger partial charge is 0.473 e. The maximum absolute atomic E-state index is 11.6. The number of nitrogens with two attached hydrogens (primary N) is 1. The fraction of sp³-hybridized carbons (Fsp3) is 0.600. The Morgan fingerprint density at radius 2 is 2.15 bits per heavy atom. The Labute approximate surface area is 120 Å². The van der Waals surface area contributed by atoms with E-state index in [1.807, 2.05) is 27.7 Å². The molecule has 1 heterocycles. The molecule has 0 radical (unpaired) electrons. The zero-order valence-electron chi connectivity index (χ0n) is 12.7. The minimum absolute atomic E-state index is 0.0466. The topological polar surface area (TPSA) is 74.4 Å². The van der Waals surface area contributed by atoms with Crippen LogP contribution >= 0.6 is 0 Å². The highest BCUT2D eigenvalue weighted by molar-refractivity contribution is 5.69. The summed E-state index contributed by atoms with van der Waals surface area (Å²) in [5, 5.41) is 0. The molecule has 1 aromatic heterocycles. The highest BCUT2D eigenvalue weighted by Gasteiger charge is 2.16. The van der Waals surface area contributed by atoms with Gasteiger partial charge >= 0.3 is 5.97 Å². The lowest BCUT2D eigenvalue weighted by molar-refractivity contribution is -0.154. The van der Waals surface area contributed by atoms with Crippen LogP contribution in [0.4, 0.5) is 5.69 Å². The number of rotatable bonds is 6. The van der Waals surface area contributed by atoms with E-state index in [9.17, 15) is 4.79 Å². The number of hydrogen-bond donors (Lipinski definition) is 1. The van der Waals surface area contributed by atoms with Gasteiger partial charge in [0.25, 0.3) is 0 Å². The van der Waals surface area contributed by atoms with Crippen molar-refractivity contribution in [2.75, 3.05) is 5.73 Å². The number of carbonyl (C=O) groups is 1. The zero-order chi connectivity index (χ0) is 15.2. The molecule has 0 bridgehead atoms. The number of nitrogen functional groups attached to an aromatic ring is 1. The van der Waals surface area contributed by atoms with Crippen molar-refractivity contribution in [2.45, 2.75) is 58.7 Å². The molecule has 2 N–H and O–H groups in total. The maximum atomic E-state index is 11.6. The summed E-state index contributed by atoms with van der Waals surface area (Å²) in [6.07, 6.45) is 3.44. The van der Waals surface area contributed by atoms with Crippen molar-refractivity contribution in [2.24, 2.45) is 0 Å². The summed E-state index contributed by atoms with van der Waals surface area (Å²) < 4.78 is 10.9. The first-order chi connectivity index (χ1) is 9.28. The minimum Gasteiger partial charge on any atom is -0.473 e. The Bertz CT molecular complexity index is 441. The quantitative estimate of drug-likeness (QED) is 0.811. The molecule has 1 rings (SSSR count). The van der Waals surface area contributed by atoms with Crippen LogP contribution in [0.3, 0.4) is 0 Å². The van der Waals surface area contributed by atoms with Gasteiger partial charge in [-0.25, -0.2) is 4.98 Å². The van der Waals surface area contributed by atoms with Crippen LogP contribution in [0.5, 0.6) is 5.88 Å². The highest BCUT2D eigenvalue weighted by atomic mass is 16.6. The predicted octanol–water partition coefficient (Wildman–Crippen LogP) is 2.94. The van der Waals surface area contributed by atoms with Crippen molar-refractivity contribution in [3.63, 3.8) is 0 Å². The second-order valence-corrected chi connectivity index (χ2v) is 5.80. The van der Waals surface area contributed by atoms with Crippen LogP contribution in [0.1, 0.15) is 47.0 Å². The van der Waals surface area contributed by atoms with Gasteiger partial charge in [-0.3, -0.25) is 4.79 Å². The number of ether oxygens (including phenoxy) is 2. The number of nitrogens with zero attached hydrogens (tertiary/aromatic N) is 1. The van der Waals surface area contributed by atoms with Crippen molar-refractivity contribution < 1.29 is 14.3 Å². The molecule has 0 aromatic carbocycles. The number of hydrogen-bond acceptors (Lipinski definition) is 5. The first-order valence-electron chi connectivity index (χ1n) is 6.87. The van der Waals surface area contributed by atoms with Gasteiger partial charge in [0.1, 0.15) is 5.60 Å². The predicted molar refractivity (Wildman–Crippen MR) is 78.4 cm³/mol. The molecule has 5 heteroatoms. The van der Waals surface area contributed by atoms with Gasteiger partial charge in [-0.1, -0.05) is 0 Å². The number of esters is 1. The van der Waals surface area contributed by atoms with Crippen LogP contribution in [-0.2, 0) is 9.53 Å². The van der Waals surface area contributed by atoms with Gasteiger partial charge in [0.15, 0.2) is 0 Å². The van der Waals surface area contributed by atoms with E-state index in [1.165, 1.54) is 0 Å². The van der Waals surface area contributed by atoms with Crippen molar-refractivity contribution in [3.8, 4) is 5.88 Å². The molecule has 0 aliphatic heterocycles. The molecule has 0 saturated heterocycles. The summed E-state index contributed by atoms with van der Waals surface area (Å²) in [5.41, 5.74) is 5.84. The first kappa shape index (κ1) is 16.3. The minimum atomic E-state index is -0.429. The monoisotopic (exact) mass is 280 g/mol. The normalized spacial score (nSPS) is 12.8. The molecular formula is C15H24N2O3. The van der Waals surface area contributed by atoms with Crippen LogP contribution in [0.15, 0.2) is 18.3 Å². The molecule has 0 saturated carbocycles. The highest BCUT2D eigenvalue weighted by Crippen LogP contribution is 2.19. The maximum Gasteiger partial charge on any atom is 0.306 e. The van der Waals surface area contributed by atoms with Gasteiger partial charge in [-0.2, -0.15) is 0 Å². The number of aromatic nitrogens is 1. The zero-order valence-corrected chi connectivity index (χ0v) is 12.7. The van der Waals surface area contributed by atoms with E-state index in [2.05, 4.69) is 4.98 Å². The third-order valence-corrected chi connectivity index (χ3v) is 2.52. The van der Waals surface area contributed by atoms with Gasteiger partial charge in [-0.05, 0) is 52.7 Å². The smallest absolute Gasteiger partial charge is 0.306 e. The van der Waals surface area contributed by atoms with E-state index >= 15 is 0 Å². The first-order valence-corrected chi connectivity index (χ1v) is 6.87. The Hall–Kier alpha value is -1.78.